The van der Waals surface area contributed by atoms with E-state index in [1.807, 2.05) is 0 Å². The van der Waals surface area contributed by atoms with Gasteiger partial charge in [-0.3, -0.25) is 14.4 Å². The Bertz CT molecular complexity index is 1250. The lowest BCUT2D eigenvalue weighted by molar-refractivity contribution is -0.167. The van der Waals surface area contributed by atoms with Gasteiger partial charge in [0.2, 0.25) is 0 Å². The van der Waals surface area contributed by atoms with Crippen molar-refractivity contribution in [1.82, 2.24) is 0 Å². The van der Waals surface area contributed by atoms with Crippen LogP contribution in [-0.4, -0.2) is 37.2 Å². The summed E-state index contributed by atoms with van der Waals surface area (Å²) in [7, 11) is 0. The van der Waals surface area contributed by atoms with Crippen LogP contribution in [0.1, 0.15) is 303 Å². The van der Waals surface area contributed by atoms with Gasteiger partial charge in [-0.1, -0.05) is 261 Å². The molecule has 0 saturated heterocycles. The number of ether oxygens (including phenoxy) is 3. The van der Waals surface area contributed by atoms with Gasteiger partial charge < -0.3 is 14.2 Å². The molecule has 0 aliphatic rings. The smallest absolute Gasteiger partial charge is 0.306 e. The Labute approximate surface area is 428 Å². The van der Waals surface area contributed by atoms with Gasteiger partial charge in [0.05, 0.1) is 0 Å². The van der Waals surface area contributed by atoms with Crippen LogP contribution in [-0.2, 0) is 28.6 Å². The standard InChI is InChI=1S/C63H112O6/c1-4-7-10-13-16-19-22-25-27-28-29-30-31-32-33-34-35-36-37-39-41-44-47-50-53-56-62(65)68-59-60(58-67-61(64)55-52-49-46-43-40-24-21-18-15-12-9-6-3)69-63(66)57-54-51-48-45-42-38-26-23-20-17-14-11-8-5-2/h14,17,22-23,25-26,28-29,31-32,60H,4-13,15-16,18-21,24,27,30,33-59H2,1-3H3/b17-14-,25-22-,26-23-,29-28-,32-31-. The Morgan fingerprint density at radius 2 is 0.536 bits per heavy atom. The Morgan fingerprint density at radius 3 is 0.855 bits per heavy atom. The first-order valence-corrected chi connectivity index (χ1v) is 29.8. The van der Waals surface area contributed by atoms with Crippen molar-refractivity contribution in [1.29, 1.82) is 0 Å². The number of rotatable bonds is 54. The van der Waals surface area contributed by atoms with E-state index in [2.05, 4.69) is 81.5 Å². The van der Waals surface area contributed by atoms with Crippen molar-refractivity contribution in [2.24, 2.45) is 0 Å². The summed E-state index contributed by atoms with van der Waals surface area (Å²) in [5.41, 5.74) is 0. The van der Waals surface area contributed by atoms with Crippen LogP contribution in [0.2, 0.25) is 0 Å². The zero-order chi connectivity index (χ0) is 50.0. The first-order valence-electron chi connectivity index (χ1n) is 29.8. The van der Waals surface area contributed by atoms with Gasteiger partial charge in [-0.2, -0.15) is 0 Å². The molecule has 0 saturated carbocycles. The summed E-state index contributed by atoms with van der Waals surface area (Å²) in [6.45, 7) is 6.59. The minimum Gasteiger partial charge on any atom is -0.462 e. The summed E-state index contributed by atoms with van der Waals surface area (Å²) in [6, 6.07) is 0. The maximum absolute atomic E-state index is 12.8. The van der Waals surface area contributed by atoms with Crippen LogP contribution in [0.15, 0.2) is 60.8 Å². The predicted molar refractivity (Wildman–Crippen MR) is 298 cm³/mol. The number of carbonyl (C=O) groups excluding carboxylic acids is 3. The second-order valence-electron chi connectivity index (χ2n) is 19.9. The summed E-state index contributed by atoms with van der Waals surface area (Å²) < 4.78 is 16.9. The minimum absolute atomic E-state index is 0.0785. The molecule has 0 fully saturated rings. The number of hydrogen-bond donors (Lipinski definition) is 0. The van der Waals surface area contributed by atoms with Crippen LogP contribution in [0.25, 0.3) is 0 Å². The Balaban J connectivity index is 4.27. The Kier molecular flexibility index (Phi) is 55.3. The van der Waals surface area contributed by atoms with E-state index in [1.165, 1.54) is 167 Å². The van der Waals surface area contributed by atoms with Crippen LogP contribution in [0, 0.1) is 0 Å². The second-order valence-corrected chi connectivity index (χ2v) is 19.9. The monoisotopic (exact) mass is 965 g/mol. The van der Waals surface area contributed by atoms with Crippen LogP contribution in [0.3, 0.4) is 0 Å². The highest BCUT2D eigenvalue weighted by Gasteiger charge is 2.19. The average molecular weight is 966 g/mol. The third-order valence-electron chi connectivity index (χ3n) is 13.0. The van der Waals surface area contributed by atoms with Crippen molar-refractivity contribution in [3.8, 4) is 0 Å². The molecule has 0 aromatic heterocycles. The largest absolute Gasteiger partial charge is 0.462 e. The van der Waals surface area contributed by atoms with Gasteiger partial charge in [0, 0.05) is 19.3 Å². The minimum atomic E-state index is -0.781. The van der Waals surface area contributed by atoms with Gasteiger partial charge in [-0.05, 0) is 83.5 Å². The predicted octanol–water partition coefficient (Wildman–Crippen LogP) is 20.0. The molecule has 0 bridgehead atoms. The highest BCUT2D eigenvalue weighted by molar-refractivity contribution is 5.71. The van der Waals surface area contributed by atoms with Crippen LogP contribution in [0.5, 0.6) is 0 Å². The molecule has 6 nitrogen and oxygen atoms in total. The molecule has 6 heteroatoms. The van der Waals surface area contributed by atoms with Crippen molar-refractivity contribution in [2.45, 2.75) is 309 Å². The molecule has 0 aliphatic carbocycles. The van der Waals surface area contributed by atoms with Crippen LogP contribution >= 0.6 is 0 Å². The van der Waals surface area contributed by atoms with Gasteiger partial charge in [0.1, 0.15) is 13.2 Å². The van der Waals surface area contributed by atoms with Crippen molar-refractivity contribution < 1.29 is 28.6 Å². The van der Waals surface area contributed by atoms with E-state index in [1.54, 1.807) is 0 Å². The van der Waals surface area contributed by atoms with E-state index in [-0.39, 0.29) is 31.1 Å². The molecule has 400 valence electrons. The molecule has 0 heterocycles. The lowest BCUT2D eigenvalue weighted by Gasteiger charge is -2.18. The first kappa shape index (κ1) is 66.1. The SMILES string of the molecule is CCCC/C=C\C/C=C\CCCCCCCC(=O)OC(COC(=O)CCCCCCCCCCCC/C=C\C/C=C\C/C=C\CCCCCCC)COC(=O)CCCCCCCCCCCCCC. The molecule has 0 spiro atoms. The fourth-order valence-electron chi connectivity index (χ4n) is 8.47. The van der Waals surface area contributed by atoms with Crippen LogP contribution < -0.4 is 0 Å². The van der Waals surface area contributed by atoms with E-state index in [0.29, 0.717) is 19.3 Å². The summed E-state index contributed by atoms with van der Waals surface area (Å²) in [5.74, 6) is -0.886. The van der Waals surface area contributed by atoms with E-state index >= 15 is 0 Å². The molecular formula is C63H112O6. The molecule has 0 amide bonds. The van der Waals surface area contributed by atoms with Gasteiger partial charge >= 0.3 is 17.9 Å². The van der Waals surface area contributed by atoms with E-state index in [4.69, 9.17) is 14.2 Å². The molecule has 0 aromatic carbocycles. The summed E-state index contributed by atoms with van der Waals surface area (Å²) >= 11 is 0. The summed E-state index contributed by atoms with van der Waals surface area (Å²) in [5, 5.41) is 0. The van der Waals surface area contributed by atoms with E-state index < -0.39 is 6.10 Å². The zero-order valence-electron chi connectivity index (χ0n) is 45.8. The lowest BCUT2D eigenvalue weighted by atomic mass is 10.0. The van der Waals surface area contributed by atoms with Gasteiger partial charge in [-0.25, -0.2) is 0 Å². The van der Waals surface area contributed by atoms with Crippen LogP contribution in [0.4, 0.5) is 0 Å². The highest BCUT2D eigenvalue weighted by atomic mass is 16.6. The normalized spacial score (nSPS) is 12.4. The van der Waals surface area contributed by atoms with Crippen molar-refractivity contribution in [3.63, 3.8) is 0 Å². The van der Waals surface area contributed by atoms with Gasteiger partial charge in [-0.15, -0.1) is 0 Å². The summed E-state index contributed by atoms with van der Waals surface area (Å²) in [4.78, 5) is 38.1. The molecule has 0 rings (SSSR count). The van der Waals surface area contributed by atoms with Crippen molar-refractivity contribution in [2.75, 3.05) is 13.2 Å². The number of unbranched alkanes of at least 4 members (excludes halogenated alkanes) is 33. The average Bonchev–Trinajstić information content (AvgIpc) is 3.35. The lowest BCUT2D eigenvalue weighted by Crippen LogP contribution is -2.30. The van der Waals surface area contributed by atoms with Crippen molar-refractivity contribution >= 4 is 17.9 Å². The van der Waals surface area contributed by atoms with E-state index in [0.717, 1.165) is 96.3 Å². The number of hydrogen-bond acceptors (Lipinski definition) is 6. The number of carbonyl (C=O) groups is 3. The second kappa shape index (κ2) is 57.7. The number of allylic oxidation sites excluding steroid dienone is 10. The fraction of sp³-hybridized carbons (Fsp3) is 0.794. The molecule has 0 radical (unpaired) electrons. The topological polar surface area (TPSA) is 78.9 Å². The highest BCUT2D eigenvalue weighted by Crippen LogP contribution is 2.16. The Hall–Kier alpha value is -2.89. The third-order valence-corrected chi connectivity index (χ3v) is 13.0. The molecule has 1 unspecified atom stereocenters. The fourth-order valence-corrected chi connectivity index (χ4v) is 8.47. The zero-order valence-corrected chi connectivity index (χ0v) is 45.8. The molecular weight excluding hydrogens is 853 g/mol. The van der Waals surface area contributed by atoms with Gasteiger partial charge in [0.15, 0.2) is 6.10 Å². The molecule has 0 aromatic rings. The van der Waals surface area contributed by atoms with Gasteiger partial charge in [0.25, 0.3) is 0 Å². The maximum Gasteiger partial charge on any atom is 0.306 e. The Morgan fingerprint density at radius 1 is 0.290 bits per heavy atom. The molecule has 0 N–H and O–H groups in total. The first-order chi connectivity index (χ1) is 34.0. The number of esters is 3. The molecule has 1 atom stereocenters. The van der Waals surface area contributed by atoms with E-state index in [9.17, 15) is 14.4 Å². The maximum atomic E-state index is 12.8. The molecule has 0 aliphatic heterocycles. The quantitative estimate of drug-likeness (QED) is 0.0262. The van der Waals surface area contributed by atoms with Crippen molar-refractivity contribution in [3.05, 3.63) is 60.8 Å². The molecule has 69 heavy (non-hydrogen) atoms. The summed E-state index contributed by atoms with van der Waals surface area (Å²) in [6.07, 6.45) is 72.1. The third kappa shape index (κ3) is 55.9.